The van der Waals surface area contributed by atoms with Gasteiger partial charge >= 0.3 is 0 Å². The van der Waals surface area contributed by atoms with Crippen LogP contribution in [-0.4, -0.2) is 68.1 Å². The summed E-state index contributed by atoms with van der Waals surface area (Å²) in [5.74, 6) is -1.33. The lowest BCUT2D eigenvalue weighted by molar-refractivity contribution is 0.0981. The molecule has 1 aromatic rings. The topological polar surface area (TPSA) is 98.2 Å². The summed E-state index contributed by atoms with van der Waals surface area (Å²) >= 11 is 0. The molecule has 0 aromatic heterocycles. The summed E-state index contributed by atoms with van der Waals surface area (Å²) in [4.78, 5) is 11.2. The second-order valence-electron chi connectivity index (χ2n) is 7.74. The van der Waals surface area contributed by atoms with E-state index < -0.39 is 5.79 Å². The monoisotopic (exact) mass is 376 g/mol. The van der Waals surface area contributed by atoms with Crippen LogP contribution in [0.1, 0.15) is 18.4 Å². The van der Waals surface area contributed by atoms with Crippen LogP contribution in [0.15, 0.2) is 23.2 Å². The number of hydrogen-bond acceptors (Lipinski definition) is 8. The minimum absolute atomic E-state index is 0.188. The van der Waals surface area contributed by atoms with Crippen LogP contribution >= 0.6 is 0 Å². The molecule has 0 saturated carbocycles. The zero-order valence-electron chi connectivity index (χ0n) is 15.8. The van der Waals surface area contributed by atoms with Crippen molar-refractivity contribution in [3.8, 4) is 0 Å². The van der Waals surface area contributed by atoms with Crippen molar-refractivity contribution in [2.24, 2.45) is 16.5 Å². The van der Waals surface area contributed by atoms with Gasteiger partial charge in [-0.1, -0.05) is 6.07 Å². The molecule has 1 unspecified atom stereocenters. The Bertz CT molecular complexity index is 709. The van der Waals surface area contributed by atoms with Crippen molar-refractivity contribution in [1.29, 1.82) is 0 Å². The molecule has 1 aromatic carbocycles. The molecule has 27 heavy (non-hydrogen) atoms. The maximum Gasteiger partial charge on any atom is 0.209 e. The van der Waals surface area contributed by atoms with Crippen molar-refractivity contribution in [3.63, 3.8) is 0 Å². The van der Waals surface area contributed by atoms with Gasteiger partial charge in [0, 0.05) is 50.9 Å². The number of likely N-dealkylation sites (N-methyl/N-ethyl adjacent to an activating group) is 1. The van der Waals surface area contributed by atoms with Crippen LogP contribution in [0.5, 0.6) is 0 Å². The standard InChI is InChI=1S/C18H29FN8/c1-25-8-10-26(11-9-25)14-4-6-27(7-5-14)16-3-2-13(12-15(16)19)18(21)22-17(20)23-24-18/h2-3,12,14,24H,4-11,21H2,1H3,(H3,20,22,23). The third-order valence-corrected chi connectivity index (χ3v) is 5.93. The summed E-state index contributed by atoms with van der Waals surface area (Å²) in [5, 5.41) is 0. The fraction of sp³-hybridized carbons (Fsp3) is 0.611. The Kier molecular flexibility index (Phi) is 4.94. The molecular weight excluding hydrogens is 347 g/mol. The van der Waals surface area contributed by atoms with Crippen LogP contribution < -0.4 is 27.2 Å². The maximum absolute atomic E-state index is 14.8. The minimum Gasteiger partial charge on any atom is -0.369 e. The van der Waals surface area contributed by atoms with Crippen molar-refractivity contribution in [3.05, 3.63) is 29.6 Å². The number of hydrogen-bond donors (Lipinski definition) is 4. The number of aliphatic imine (C=N–C) groups is 1. The van der Waals surface area contributed by atoms with E-state index in [-0.39, 0.29) is 11.8 Å². The lowest BCUT2D eigenvalue weighted by atomic mass is 10.0. The van der Waals surface area contributed by atoms with Gasteiger partial charge in [0.2, 0.25) is 11.7 Å². The Balaban J connectivity index is 1.40. The summed E-state index contributed by atoms with van der Waals surface area (Å²) in [6.45, 7) is 6.26. The van der Waals surface area contributed by atoms with E-state index in [1.165, 1.54) is 6.07 Å². The van der Waals surface area contributed by atoms with Gasteiger partial charge in [0.25, 0.3) is 0 Å². The molecule has 1 atom stereocenters. The summed E-state index contributed by atoms with van der Waals surface area (Å²) < 4.78 is 14.8. The number of rotatable bonds is 3. The van der Waals surface area contributed by atoms with Crippen molar-refractivity contribution < 1.29 is 4.39 Å². The highest BCUT2D eigenvalue weighted by Gasteiger charge is 2.33. The maximum atomic E-state index is 14.8. The first-order chi connectivity index (χ1) is 12.9. The van der Waals surface area contributed by atoms with Crippen molar-refractivity contribution >= 4 is 11.6 Å². The van der Waals surface area contributed by atoms with E-state index in [9.17, 15) is 4.39 Å². The molecule has 6 N–H and O–H groups in total. The van der Waals surface area contributed by atoms with Crippen molar-refractivity contribution in [2.75, 3.05) is 51.2 Å². The molecule has 2 fully saturated rings. The smallest absolute Gasteiger partial charge is 0.209 e. The van der Waals surface area contributed by atoms with Gasteiger partial charge in [-0.15, -0.1) is 0 Å². The third-order valence-electron chi connectivity index (χ3n) is 5.93. The van der Waals surface area contributed by atoms with E-state index in [0.717, 1.165) is 52.1 Å². The summed E-state index contributed by atoms with van der Waals surface area (Å²) in [7, 11) is 2.18. The average Bonchev–Trinajstić information content (AvgIpc) is 3.03. The first-order valence-electron chi connectivity index (χ1n) is 9.59. The van der Waals surface area contributed by atoms with Crippen molar-refractivity contribution in [1.82, 2.24) is 20.7 Å². The molecule has 9 heteroatoms. The predicted octanol–water partition coefficient (Wildman–Crippen LogP) is -0.467. The second-order valence-corrected chi connectivity index (χ2v) is 7.74. The molecule has 0 bridgehead atoms. The summed E-state index contributed by atoms with van der Waals surface area (Å²) in [5.41, 5.74) is 18.3. The van der Waals surface area contributed by atoms with E-state index >= 15 is 0 Å². The Labute approximate surface area is 159 Å². The van der Waals surface area contributed by atoms with Crippen LogP contribution in [0.25, 0.3) is 0 Å². The van der Waals surface area contributed by atoms with Crippen molar-refractivity contribution in [2.45, 2.75) is 24.7 Å². The van der Waals surface area contributed by atoms with Gasteiger partial charge in [-0.05, 0) is 32.0 Å². The Morgan fingerprint density at radius 1 is 1.15 bits per heavy atom. The number of nitrogens with one attached hydrogen (secondary N) is 2. The number of guanidine groups is 1. The molecule has 2 saturated heterocycles. The van der Waals surface area contributed by atoms with Crippen LogP contribution in [0.4, 0.5) is 10.1 Å². The van der Waals surface area contributed by atoms with Crippen LogP contribution in [-0.2, 0) is 5.79 Å². The highest BCUT2D eigenvalue weighted by Crippen LogP contribution is 2.29. The lowest BCUT2D eigenvalue weighted by Gasteiger charge is -2.42. The van der Waals surface area contributed by atoms with E-state index in [1.54, 1.807) is 6.07 Å². The third kappa shape index (κ3) is 3.73. The Morgan fingerprint density at radius 3 is 2.44 bits per heavy atom. The predicted molar refractivity (Wildman–Crippen MR) is 104 cm³/mol. The Morgan fingerprint density at radius 2 is 1.85 bits per heavy atom. The van der Waals surface area contributed by atoms with E-state index in [1.807, 2.05) is 6.07 Å². The summed E-state index contributed by atoms with van der Waals surface area (Å²) in [6, 6.07) is 5.65. The first kappa shape index (κ1) is 18.4. The van der Waals surface area contributed by atoms with Gasteiger partial charge in [0.1, 0.15) is 5.82 Å². The van der Waals surface area contributed by atoms with Gasteiger partial charge < -0.3 is 15.5 Å². The number of benzene rings is 1. The molecular formula is C18H29FN8. The SMILES string of the molecule is CN1CCN(C2CCN(c3ccc(C4(N)N=C(N)NN4)cc3F)CC2)CC1. The van der Waals surface area contributed by atoms with Crippen LogP contribution in [0.2, 0.25) is 0 Å². The largest absolute Gasteiger partial charge is 0.369 e. The molecule has 8 nitrogen and oxygen atoms in total. The minimum atomic E-state index is -1.24. The molecule has 3 aliphatic rings. The molecule has 0 spiro atoms. The molecule has 0 radical (unpaired) electrons. The quantitative estimate of drug-likeness (QED) is 0.566. The molecule has 148 valence electrons. The molecule has 0 aliphatic carbocycles. The lowest BCUT2D eigenvalue weighted by Crippen LogP contribution is -2.52. The number of hydrazine groups is 1. The Hall–Kier alpha value is -1.94. The zero-order chi connectivity index (χ0) is 19.0. The number of halogens is 1. The number of nitrogens with two attached hydrogens (primary N) is 2. The van der Waals surface area contributed by atoms with Gasteiger partial charge in [-0.25, -0.2) is 9.38 Å². The molecule has 4 rings (SSSR count). The van der Waals surface area contributed by atoms with Gasteiger partial charge in [0.05, 0.1) is 5.69 Å². The molecule has 3 aliphatic heterocycles. The first-order valence-corrected chi connectivity index (χ1v) is 9.59. The van der Waals surface area contributed by atoms with E-state index in [0.29, 0.717) is 17.3 Å². The normalized spacial score (nSPS) is 28.3. The number of anilines is 1. The van der Waals surface area contributed by atoms with Gasteiger partial charge in [-0.2, -0.15) is 5.43 Å². The fourth-order valence-corrected chi connectivity index (χ4v) is 4.20. The molecule has 3 heterocycles. The highest BCUT2D eigenvalue weighted by atomic mass is 19.1. The molecule has 0 amide bonds. The second kappa shape index (κ2) is 7.23. The zero-order valence-corrected chi connectivity index (χ0v) is 15.8. The highest BCUT2D eigenvalue weighted by molar-refractivity contribution is 5.79. The van der Waals surface area contributed by atoms with E-state index in [2.05, 4.69) is 37.6 Å². The van der Waals surface area contributed by atoms with Crippen LogP contribution in [0.3, 0.4) is 0 Å². The summed E-state index contributed by atoms with van der Waals surface area (Å²) in [6.07, 6.45) is 2.13. The van der Waals surface area contributed by atoms with Crippen LogP contribution in [0, 0.1) is 5.82 Å². The number of nitrogens with zero attached hydrogens (tertiary/aromatic N) is 4. The average molecular weight is 376 g/mol. The van der Waals surface area contributed by atoms with E-state index in [4.69, 9.17) is 11.5 Å². The van der Waals surface area contributed by atoms with Gasteiger partial charge in [0.15, 0.2) is 0 Å². The number of piperazine rings is 1. The van der Waals surface area contributed by atoms with Gasteiger partial charge in [-0.3, -0.25) is 16.1 Å². The fourth-order valence-electron chi connectivity index (χ4n) is 4.20. The number of piperidine rings is 1.